The Balaban J connectivity index is 2.70. The molecule has 5 nitrogen and oxygen atoms in total. The Kier molecular flexibility index (Phi) is 7.32. The van der Waals surface area contributed by atoms with Crippen LogP contribution in [0, 0.1) is 6.92 Å². The smallest absolute Gasteiger partial charge is 0.407 e. The molecule has 0 spiro atoms. The Morgan fingerprint density at radius 1 is 1.17 bits per heavy atom. The normalized spacial score (nSPS) is 10.8. The van der Waals surface area contributed by atoms with E-state index in [0.29, 0.717) is 23.1 Å². The molecule has 2 rings (SSSR count). The zero-order valence-electron chi connectivity index (χ0n) is 17.7. The molecule has 5 heteroatoms. The fraction of sp³-hybridized carbons (Fsp3) is 0.375. The molecule has 0 unspecified atom stereocenters. The van der Waals surface area contributed by atoms with Crippen LogP contribution in [0.3, 0.4) is 0 Å². The first-order valence-corrected chi connectivity index (χ1v) is 9.95. The molecule has 0 saturated carbocycles. The second-order valence-corrected chi connectivity index (χ2v) is 7.68. The lowest BCUT2D eigenvalue weighted by molar-refractivity contribution is 0.153. The molecule has 29 heavy (non-hydrogen) atoms. The summed E-state index contributed by atoms with van der Waals surface area (Å²) < 4.78 is 0. The van der Waals surface area contributed by atoms with Crippen molar-refractivity contribution in [3.8, 4) is 22.6 Å². The van der Waals surface area contributed by atoms with E-state index in [1.807, 2.05) is 32.0 Å². The predicted octanol–water partition coefficient (Wildman–Crippen LogP) is 5.95. The number of benzene rings is 2. The van der Waals surface area contributed by atoms with Crippen molar-refractivity contribution in [2.75, 3.05) is 7.05 Å². The number of carboxylic acid groups (broad SMARTS) is 1. The number of phenols is 2. The Bertz CT molecular complexity index is 918. The Morgan fingerprint density at radius 2 is 1.86 bits per heavy atom. The number of amides is 1. The van der Waals surface area contributed by atoms with Gasteiger partial charge in [0.1, 0.15) is 11.5 Å². The summed E-state index contributed by atoms with van der Waals surface area (Å²) in [6.45, 7) is 9.98. The minimum Gasteiger partial charge on any atom is -0.507 e. The van der Waals surface area contributed by atoms with E-state index in [4.69, 9.17) is 0 Å². The summed E-state index contributed by atoms with van der Waals surface area (Å²) >= 11 is 0. The molecular formula is C24H31NO4. The largest absolute Gasteiger partial charge is 0.507 e. The summed E-state index contributed by atoms with van der Waals surface area (Å²) in [7, 11) is 1.47. The van der Waals surface area contributed by atoms with E-state index < -0.39 is 6.09 Å². The molecule has 0 saturated heterocycles. The van der Waals surface area contributed by atoms with Crippen LogP contribution in [0.2, 0.25) is 0 Å². The van der Waals surface area contributed by atoms with E-state index >= 15 is 0 Å². The van der Waals surface area contributed by atoms with Gasteiger partial charge < -0.3 is 20.2 Å². The van der Waals surface area contributed by atoms with Gasteiger partial charge in [-0.05, 0) is 49.4 Å². The number of unbranched alkanes of at least 4 members (excludes halogenated alkanes) is 2. The molecule has 0 heterocycles. The van der Waals surface area contributed by atoms with Crippen molar-refractivity contribution in [3.05, 3.63) is 53.1 Å². The van der Waals surface area contributed by atoms with E-state index in [1.54, 1.807) is 6.07 Å². The topological polar surface area (TPSA) is 81.0 Å². The number of aromatic hydroxyl groups is 2. The van der Waals surface area contributed by atoms with Crippen LogP contribution in [-0.4, -0.2) is 33.4 Å². The maximum atomic E-state index is 11.4. The van der Waals surface area contributed by atoms with Crippen LogP contribution in [0.1, 0.15) is 55.4 Å². The highest BCUT2D eigenvalue weighted by Gasteiger charge is 2.23. The van der Waals surface area contributed by atoms with Crippen molar-refractivity contribution >= 4 is 11.7 Å². The SMILES string of the molecule is C=C(C)c1ccc(C)cc1-c1c(O)cc(CCCCC)c(CN(C)C(=O)O)c1O. The van der Waals surface area contributed by atoms with Crippen LogP contribution in [0.25, 0.3) is 16.7 Å². The van der Waals surface area contributed by atoms with Gasteiger partial charge in [-0.1, -0.05) is 55.7 Å². The zero-order valence-corrected chi connectivity index (χ0v) is 17.7. The van der Waals surface area contributed by atoms with Gasteiger partial charge in [0.05, 0.1) is 12.1 Å². The summed E-state index contributed by atoms with van der Waals surface area (Å²) in [6.07, 6.45) is 2.57. The first kappa shape index (κ1) is 22.3. The average Bonchev–Trinajstić information content (AvgIpc) is 2.64. The summed E-state index contributed by atoms with van der Waals surface area (Å²) in [5.41, 5.74) is 4.95. The number of aryl methyl sites for hydroxylation is 2. The minimum absolute atomic E-state index is 0.0103. The Labute approximate surface area is 172 Å². The first-order chi connectivity index (χ1) is 13.7. The molecule has 0 fully saturated rings. The molecule has 0 radical (unpaired) electrons. The number of nitrogens with zero attached hydrogens (tertiary/aromatic N) is 1. The van der Waals surface area contributed by atoms with E-state index in [-0.39, 0.29) is 18.0 Å². The third-order valence-corrected chi connectivity index (χ3v) is 5.15. The van der Waals surface area contributed by atoms with Crippen LogP contribution in [0.4, 0.5) is 4.79 Å². The van der Waals surface area contributed by atoms with E-state index in [9.17, 15) is 20.1 Å². The Hall–Kier alpha value is -2.95. The number of hydrogen-bond donors (Lipinski definition) is 3. The summed E-state index contributed by atoms with van der Waals surface area (Å²) in [5.74, 6) is -0.0819. The van der Waals surface area contributed by atoms with E-state index in [2.05, 4.69) is 13.5 Å². The number of rotatable bonds is 8. The van der Waals surface area contributed by atoms with Gasteiger partial charge in [-0.25, -0.2) is 4.79 Å². The molecule has 2 aromatic carbocycles. The van der Waals surface area contributed by atoms with Crippen LogP contribution < -0.4 is 0 Å². The summed E-state index contributed by atoms with van der Waals surface area (Å²) in [5, 5.41) is 31.3. The molecule has 156 valence electrons. The predicted molar refractivity (Wildman–Crippen MR) is 117 cm³/mol. The molecule has 0 aliphatic heterocycles. The molecule has 0 atom stereocenters. The van der Waals surface area contributed by atoms with Gasteiger partial charge in [0.15, 0.2) is 0 Å². The maximum Gasteiger partial charge on any atom is 0.407 e. The molecule has 0 aliphatic carbocycles. The lowest BCUT2D eigenvalue weighted by Gasteiger charge is -2.22. The summed E-state index contributed by atoms with van der Waals surface area (Å²) in [4.78, 5) is 12.5. The van der Waals surface area contributed by atoms with Gasteiger partial charge in [-0.3, -0.25) is 0 Å². The van der Waals surface area contributed by atoms with Crippen molar-refractivity contribution in [1.82, 2.24) is 4.90 Å². The number of allylic oxidation sites excluding steroid dienone is 1. The van der Waals surface area contributed by atoms with E-state index in [1.165, 1.54) is 7.05 Å². The van der Waals surface area contributed by atoms with Gasteiger partial charge in [0, 0.05) is 12.6 Å². The summed E-state index contributed by atoms with van der Waals surface area (Å²) in [6, 6.07) is 7.45. The second-order valence-electron chi connectivity index (χ2n) is 7.68. The van der Waals surface area contributed by atoms with Crippen LogP contribution in [0.15, 0.2) is 30.8 Å². The third-order valence-electron chi connectivity index (χ3n) is 5.15. The average molecular weight is 398 g/mol. The molecule has 3 N–H and O–H groups in total. The molecule has 1 amide bonds. The van der Waals surface area contributed by atoms with Gasteiger partial charge in [-0.2, -0.15) is 0 Å². The molecule has 2 aromatic rings. The van der Waals surface area contributed by atoms with Gasteiger partial charge in [0.2, 0.25) is 0 Å². The minimum atomic E-state index is -1.07. The monoisotopic (exact) mass is 397 g/mol. The number of phenolic OH excluding ortho intramolecular Hbond substituents is 2. The fourth-order valence-corrected chi connectivity index (χ4v) is 3.52. The number of carbonyl (C=O) groups is 1. The quantitative estimate of drug-likeness (QED) is 0.481. The highest BCUT2D eigenvalue weighted by Crippen LogP contribution is 2.45. The highest BCUT2D eigenvalue weighted by molar-refractivity contribution is 5.87. The van der Waals surface area contributed by atoms with E-state index in [0.717, 1.165) is 46.4 Å². The van der Waals surface area contributed by atoms with Crippen LogP contribution >= 0.6 is 0 Å². The maximum absolute atomic E-state index is 11.4. The van der Waals surface area contributed by atoms with Crippen LogP contribution in [0.5, 0.6) is 11.5 Å². The van der Waals surface area contributed by atoms with Crippen molar-refractivity contribution in [2.24, 2.45) is 0 Å². The van der Waals surface area contributed by atoms with Gasteiger partial charge in [0.25, 0.3) is 0 Å². The molecule has 0 bridgehead atoms. The van der Waals surface area contributed by atoms with Crippen molar-refractivity contribution < 1.29 is 20.1 Å². The molecule has 0 aliphatic rings. The lowest BCUT2D eigenvalue weighted by Crippen LogP contribution is -2.24. The fourth-order valence-electron chi connectivity index (χ4n) is 3.52. The standard InChI is InChI=1S/C24H31NO4/c1-6-7-8-9-17-13-21(26)22(23(27)20(17)14-25(5)24(28)29)19-12-16(4)10-11-18(19)15(2)3/h10-13,26-27H,2,6-9,14H2,1,3-5H3,(H,28,29). The Morgan fingerprint density at radius 3 is 2.45 bits per heavy atom. The van der Waals surface area contributed by atoms with Crippen molar-refractivity contribution in [1.29, 1.82) is 0 Å². The van der Waals surface area contributed by atoms with Gasteiger partial charge in [-0.15, -0.1) is 0 Å². The third kappa shape index (κ3) is 5.11. The van der Waals surface area contributed by atoms with Crippen molar-refractivity contribution in [3.63, 3.8) is 0 Å². The zero-order chi connectivity index (χ0) is 21.7. The first-order valence-electron chi connectivity index (χ1n) is 9.95. The van der Waals surface area contributed by atoms with Gasteiger partial charge >= 0.3 is 6.09 Å². The highest BCUT2D eigenvalue weighted by atomic mass is 16.4. The van der Waals surface area contributed by atoms with Crippen LogP contribution in [-0.2, 0) is 13.0 Å². The van der Waals surface area contributed by atoms with Crippen molar-refractivity contribution in [2.45, 2.75) is 53.0 Å². The number of hydrogen-bond acceptors (Lipinski definition) is 3. The lowest BCUT2D eigenvalue weighted by atomic mass is 9.89. The molecule has 0 aromatic heterocycles. The molecular weight excluding hydrogens is 366 g/mol. The second kappa shape index (κ2) is 9.50.